The van der Waals surface area contributed by atoms with Crippen LogP contribution in [0.1, 0.15) is 30.9 Å². The van der Waals surface area contributed by atoms with Gasteiger partial charge in [0.25, 0.3) is 0 Å². The van der Waals surface area contributed by atoms with Crippen LogP contribution in [0.4, 0.5) is 0 Å². The molecule has 0 aliphatic carbocycles. The van der Waals surface area contributed by atoms with Crippen LogP contribution < -0.4 is 5.32 Å². The first-order chi connectivity index (χ1) is 7.67. The highest BCUT2D eigenvalue weighted by molar-refractivity contribution is 6.31. The van der Waals surface area contributed by atoms with E-state index in [2.05, 4.69) is 24.4 Å². The molecule has 0 heterocycles. The minimum absolute atomic E-state index is 0.269. The molecule has 1 aromatic rings. The van der Waals surface area contributed by atoms with Crippen molar-refractivity contribution < 1.29 is 0 Å². The second-order valence-electron chi connectivity index (χ2n) is 3.93. The Morgan fingerprint density at radius 1 is 1.50 bits per heavy atom. The number of halogens is 1. The maximum Gasteiger partial charge on any atom is 0.0638 e. The fraction of sp³-hybridized carbons (Fsp3) is 0.462. The average molecular weight is 237 g/mol. The molecule has 0 bridgehead atoms. The first-order valence-electron chi connectivity index (χ1n) is 5.52. The monoisotopic (exact) mass is 236 g/mol. The summed E-state index contributed by atoms with van der Waals surface area (Å²) in [6.07, 6.45) is 1.52. The van der Waals surface area contributed by atoms with Gasteiger partial charge in [0.05, 0.1) is 12.5 Å². The minimum atomic E-state index is 0.269. The summed E-state index contributed by atoms with van der Waals surface area (Å²) in [5.74, 6) is 0. The molecule has 2 nitrogen and oxygen atoms in total. The molecule has 0 aliphatic rings. The summed E-state index contributed by atoms with van der Waals surface area (Å²) in [4.78, 5) is 0. The molecule has 1 rings (SSSR count). The molecule has 0 saturated heterocycles. The Bertz CT molecular complexity index is 382. The highest BCUT2D eigenvalue weighted by Crippen LogP contribution is 2.16. The molecule has 0 aromatic heterocycles. The van der Waals surface area contributed by atoms with E-state index in [0.717, 1.165) is 29.1 Å². The lowest BCUT2D eigenvalue weighted by Crippen LogP contribution is -2.27. The summed E-state index contributed by atoms with van der Waals surface area (Å²) in [6, 6.07) is 8.51. The quantitative estimate of drug-likeness (QED) is 0.850. The van der Waals surface area contributed by atoms with Gasteiger partial charge < -0.3 is 5.32 Å². The number of nitriles is 1. The van der Waals surface area contributed by atoms with E-state index in [1.54, 1.807) is 0 Å². The molecule has 1 atom stereocenters. The normalized spacial score (nSPS) is 12.1. The molecule has 0 fully saturated rings. The Morgan fingerprint density at radius 2 is 2.25 bits per heavy atom. The standard InChI is InChI=1S/C13H17ClN2/c1-3-12(6-7-15)16-9-11-5-4-10(2)13(14)8-11/h4-5,8,12,16H,3,6,9H2,1-2H3. The lowest BCUT2D eigenvalue weighted by molar-refractivity contribution is 0.505. The van der Waals surface area contributed by atoms with Crippen molar-refractivity contribution in [2.24, 2.45) is 0 Å². The van der Waals surface area contributed by atoms with E-state index in [0.29, 0.717) is 6.42 Å². The van der Waals surface area contributed by atoms with Gasteiger partial charge in [0.15, 0.2) is 0 Å². The number of rotatable bonds is 5. The van der Waals surface area contributed by atoms with E-state index >= 15 is 0 Å². The van der Waals surface area contributed by atoms with Gasteiger partial charge in [0, 0.05) is 17.6 Å². The molecule has 0 saturated carbocycles. The Labute approximate surface area is 102 Å². The summed E-state index contributed by atoms with van der Waals surface area (Å²) < 4.78 is 0. The maximum atomic E-state index is 8.63. The number of nitrogens with zero attached hydrogens (tertiary/aromatic N) is 1. The van der Waals surface area contributed by atoms with E-state index in [9.17, 15) is 0 Å². The summed E-state index contributed by atoms with van der Waals surface area (Å²) in [6.45, 7) is 4.83. The zero-order valence-electron chi connectivity index (χ0n) is 9.76. The second kappa shape index (κ2) is 6.52. The van der Waals surface area contributed by atoms with Crippen LogP contribution in [-0.2, 0) is 6.54 Å². The van der Waals surface area contributed by atoms with E-state index in [4.69, 9.17) is 16.9 Å². The van der Waals surface area contributed by atoms with Gasteiger partial charge in [-0.15, -0.1) is 0 Å². The van der Waals surface area contributed by atoms with Crippen LogP contribution in [0.3, 0.4) is 0 Å². The van der Waals surface area contributed by atoms with E-state index in [1.165, 1.54) is 0 Å². The third-order valence-electron chi connectivity index (χ3n) is 2.66. The number of hydrogen-bond acceptors (Lipinski definition) is 2. The Kier molecular flexibility index (Phi) is 5.31. The predicted molar refractivity (Wildman–Crippen MR) is 67.3 cm³/mol. The smallest absolute Gasteiger partial charge is 0.0638 e. The van der Waals surface area contributed by atoms with Gasteiger partial charge in [0.2, 0.25) is 0 Å². The number of aryl methyl sites for hydroxylation is 1. The predicted octanol–water partition coefficient (Wildman–Crippen LogP) is 3.43. The third-order valence-corrected chi connectivity index (χ3v) is 3.07. The summed E-state index contributed by atoms with van der Waals surface area (Å²) in [5, 5.41) is 12.8. The first-order valence-corrected chi connectivity index (χ1v) is 5.90. The number of nitrogens with one attached hydrogen (secondary N) is 1. The minimum Gasteiger partial charge on any atom is -0.309 e. The van der Waals surface area contributed by atoms with Crippen LogP contribution in [-0.4, -0.2) is 6.04 Å². The summed E-state index contributed by atoms with van der Waals surface area (Å²) >= 11 is 6.04. The third kappa shape index (κ3) is 3.84. The highest BCUT2D eigenvalue weighted by Gasteiger charge is 2.05. The molecule has 1 aromatic carbocycles. The lowest BCUT2D eigenvalue weighted by Gasteiger charge is -2.13. The molecular weight excluding hydrogens is 220 g/mol. The molecule has 1 unspecified atom stereocenters. The number of hydrogen-bond donors (Lipinski definition) is 1. The summed E-state index contributed by atoms with van der Waals surface area (Å²) in [5.41, 5.74) is 2.25. The number of benzene rings is 1. The van der Waals surface area contributed by atoms with Gasteiger partial charge in [-0.2, -0.15) is 5.26 Å². The molecule has 3 heteroatoms. The Morgan fingerprint density at radius 3 is 2.81 bits per heavy atom. The molecule has 1 N–H and O–H groups in total. The van der Waals surface area contributed by atoms with E-state index < -0.39 is 0 Å². The van der Waals surface area contributed by atoms with Crippen molar-refractivity contribution in [1.29, 1.82) is 5.26 Å². The lowest BCUT2D eigenvalue weighted by atomic mass is 10.1. The zero-order chi connectivity index (χ0) is 12.0. The van der Waals surface area contributed by atoms with Crippen molar-refractivity contribution in [2.75, 3.05) is 0 Å². The first kappa shape index (κ1) is 13.0. The molecule has 0 aliphatic heterocycles. The SMILES string of the molecule is CCC(CC#N)NCc1ccc(C)c(Cl)c1. The highest BCUT2D eigenvalue weighted by atomic mass is 35.5. The molecule has 0 radical (unpaired) electrons. The molecular formula is C13H17ClN2. The van der Waals surface area contributed by atoms with Crippen LogP contribution in [0, 0.1) is 18.3 Å². The van der Waals surface area contributed by atoms with Crippen LogP contribution in [0.25, 0.3) is 0 Å². The molecule has 0 amide bonds. The largest absolute Gasteiger partial charge is 0.309 e. The van der Waals surface area contributed by atoms with Gasteiger partial charge in [-0.25, -0.2) is 0 Å². The topological polar surface area (TPSA) is 35.8 Å². The molecule has 86 valence electrons. The fourth-order valence-corrected chi connectivity index (χ4v) is 1.68. The Balaban J connectivity index is 2.54. The maximum absolute atomic E-state index is 8.63. The second-order valence-corrected chi connectivity index (χ2v) is 4.34. The van der Waals surface area contributed by atoms with Crippen molar-refractivity contribution in [3.63, 3.8) is 0 Å². The summed E-state index contributed by atoms with van der Waals surface area (Å²) in [7, 11) is 0. The van der Waals surface area contributed by atoms with Gasteiger partial charge in [-0.1, -0.05) is 30.7 Å². The van der Waals surface area contributed by atoms with Crippen molar-refractivity contribution in [3.05, 3.63) is 34.3 Å². The van der Waals surface area contributed by atoms with E-state index in [-0.39, 0.29) is 6.04 Å². The van der Waals surface area contributed by atoms with Crippen molar-refractivity contribution >= 4 is 11.6 Å². The van der Waals surface area contributed by atoms with Crippen molar-refractivity contribution in [3.8, 4) is 6.07 Å². The van der Waals surface area contributed by atoms with Gasteiger partial charge in [0.1, 0.15) is 0 Å². The van der Waals surface area contributed by atoms with E-state index in [1.807, 2.05) is 19.1 Å². The van der Waals surface area contributed by atoms with Crippen molar-refractivity contribution in [2.45, 2.75) is 39.3 Å². The van der Waals surface area contributed by atoms with Gasteiger partial charge >= 0.3 is 0 Å². The fourth-order valence-electron chi connectivity index (χ4n) is 1.48. The van der Waals surface area contributed by atoms with Gasteiger partial charge in [-0.3, -0.25) is 0 Å². The van der Waals surface area contributed by atoms with Crippen LogP contribution >= 0.6 is 11.6 Å². The average Bonchev–Trinajstić information content (AvgIpc) is 2.28. The Hall–Kier alpha value is -1.04. The van der Waals surface area contributed by atoms with Crippen LogP contribution in [0.5, 0.6) is 0 Å². The van der Waals surface area contributed by atoms with Crippen molar-refractivity contribution in [1.82, 2.24) is 5.32 Å². The zero-order valence-corrected chi connectivity index (χ0v) is 10.5. The van der Waals surface area contributed by atoms with Crippen LogP contribution in [0.15, 0.2) is 18.2 Å². The van der Waals surface area contributed by atoms with Crippen LogP contribution in [0.2, 0.25) is 5.02 Å². The van der Waals surface area contributed by atoms with Gasteiger partial charge in [-0.05, 0) is 30.5 Å². The molecule has 16 heavy (non-hydrogen) atoms. The molecule has 0 spiro atoms.